The third kappa shape index (κ3) is 2.95. The molecule has 7 nitrogen and oxygen atoms in total. The summed E-state index contributed by atoms with van der Waals surface area (Å²) in [4.78, 5) is 0. The van der Waals surface area contributed by atoms with Crippen molar-refractivity contribution in [1.82, 2.24) is 0 Å². The Balaban J connectivity index is 2.14. The minimum absolute atomic E-state index is 0.292. The highest BCUT2D eigenvalue weighted by Crippen LogP contribution is 2.42. The van der Waals surface area contributed by atoms with Crippen LogP contribution in [0.3, 0.4) is 0 Å². The summed E-state index contributed by atoms with van der Waals surface area (Å²) in [5, 5.41) is 4.80. The fourth-order valence-electron chi connectivity index (χ4n) is 2.18. The Morgan fingerprint density at radius 2 is 2.18 bits per heavy atom. The van der Waals surface area contributed by atoms with Gasteiger partial charge in [-0.05, 0) is 26.7 Å². The van der Waals surface area contributed by atoms with Gasteiger partial charge in [0.2, 0.25) is 5.79 Å². The van der Waals surface area contributed by atoms with Crippen LogP contribution in [0, 0.1) is 0 Å². The van der Waals surface area contributed by atoms with Crippen LogP contribution in [-0.4, -0.2) is 39.3 Å². The summed E-state index contributed by atoms with van der Waals surface area (Å²) >= 11 is 0. The molecule has 0 amide bonds. The predicted octanol–water partition coefficient (Wildman–Crippen LogP) is -0.135. The molecule has 2 aliphatic heterocycles. The molecule has 2 N–H and O–H groups in total. The Kier molecular flexibility index (Phi) is 3.22. The van der Waals surface area contributed by atoms with Gasteiger partial charge in [0, 0.05) is 0 Å². The molecule has 100 valence electrons. The van der Waals surface area contributed by atoms with Crippen LogP contribution in [0.15, 0.2) is 0 Å². The zero-order valence-electron chi connectivity index (χ0n) is 9.84. The fraction of sp³-hybridized carbons (Fsp3) is 1.00. The summed E-state index contributed by atoms with van der Waals surface area (Å²) in [6.45, 7) is 3.67. The minimum atomic E-state index is -4.02. The maximum absolute atomic E-state index is 10.8. The van der Waals surface area contributed by atoms with Gasteiger partial charge in [-0.1, -0.05) is 0 Å². The Bertz CT molecular complexity index is 394. The fourth-order valence-corrected chi connectivity index (χ4v) is 2.51. The van der Waals surface area contributed by atoms with Crippen LogP contribution in [0.5, 0.6) is 0 Å². The monoisotopic (exact) mass is 267 g/mol. The molecule has 2 saturated heterocycles. The van der Waals surface area contributed by atoms with Crippen molar-refractivity contribution in [3.8, 4) is 0 Å². The zero-order valence-corrected chi connectivity index (χ0v) is 10.7. The molecule has 17 heavy (non-hydrogen) atoms. The van der Waals surface area contributed by atoms with E-state index in [4.69, 9.17) is 19.3 Å². The first kappa shape index (κ1) is 13.2. The lowest BCUT2D eigenvalue weighted by molar-refractivity contribution is -0.274. The molecule has 0 radical (unpaired) electrons. The first-order valence-corrected chi connectivity index (χ1v) is 6.89. The molecule has 0 aromatic heterocycles. The second-order valence-electron chi connectivity index (χ2n) is 4.67. The second-order valence-corrected chi connectivity index (χ2v) is 5.89. The number of nitrogens with two attached hydrogens (primary N) is 1. The molecule has 0 unspecified atom stereocenters. The van der Waals surface area contributed by atoms with Crippen molar-refractivity contribution in [2.24, 2.45) is 5.14 Å². The highest BCUT2D eigenvalue weighted by Gasteiger charge is 2.56. The van der Waals surface area contributed by atoms with Crippen molar-refractivity contribution in [2.45, 2.75) is 44.4 Å². The third-order valence-corrected chi connectivity index (χ3v) is 3.16. The summed E-state index contributed by atoms with van der Waals surface area (Å²) in [6.07, 6.45) is 1.23. The maximum Gasteiger partial charge on any atom is 0.333 e. The van der Waals surface area contributed by atoms with Crippen molar-refractivity contribution < 1.29 is 26.8 Å². The van der Waals surface area contributed by atoms with Gasteiger partial charge in [-0.15, -0.1) is 0 Å². The summed E-state index contributed by atoms with van der Waals surface area (Å²) in [6, 6.07) is 0. The van der Waals surface area contributed by atoms with Gasteiger partial charge >= 0.3 is 10.3 Å². The van der Waals surface area contributed by atoms with E-state index in [-0.39, 0.29) is 12.7 Å². The van der Waals surface area contributed by atoms with Gasteiger partial charge in [0.15, 0.2) is 5.79 Å². The topological polar surface area (TPSA) is 97.1 Å². The van der Waals surface area contributed by atoms with E-state index in [1.54, 1.807) is 13.8 Å². The average Bonchev–Trinajstić information content (AvgIpc) is 2.44. The summed E-state index contributed by atoms with van der Waals surface area (Å²) in [7, 11) is -4.02. The lowest BCUT2D eigenvalue weighted by Crippen LogP contribution is -2.51. The zero-order chi connectivity index (χ0) is 12.7. The molecule has 0 saturated carbocycles. The summed E-state index contributed by atoms with van der Waals surface area (Å²) in [5.41, 5.74) is 0. The molecule has 8 heteroatoms. The van der Waals surface area contributed by atoms with E-state index in [1.807, 2.05) is 0 Å². The first-order chi connectivity index (χ1) is 7.73. The Hall–Kier alpha value is -0.250. The van der Waals surface area contributed by atoms with Gasteiger partial charge < -0.3 is 14.2 Å². The van der Waals surface area contributed by atoms with Gasteiger partial charge in [0.1, 0.15) is 12.7 Å². The summed E-state index contributed by atoms with van der Waals surface area (Å²) < 4.78 is 43.1. The van der Waals surface area contributed by atoms with Gasteiger partial charge in [-0.2, -0.15) is 8.42 Å². The summed E-state index contributed by atoms with van der Waals surface area (Å²) in [5.74, 6) is -2.00. The van der Waals surface area contributed by atoms with Crippen LogP contribution in [0.1, 0.15) is 26.7 Å². The number of hydrogen-bond donors (Lipinski definition) is 1. The molecule has 2 heterocycles. The molecule has 0 aromatic carbocycles. The number of ether oxygens (including phenoxy) is 3. The normalized spacial score (nSPS) is 36.8. The number of hydrogen-bond acceptors (Lipinski definition) is 6. The molecular formula is C9H17NO6S. The van der Waals surface area contributed by atoms with Crippen molar-refractivity contribution in [1.29, 1.82) is 0 Å². The van der Waals surface area contributed by atoms with E-state index in [0.717, 1.165) is 12.8 Å². The molecule has 0 spiro atoms. The number of rotatable bonds is 3. The molecule has 2 rings (SSSR count). The molecule has 0 aliphatic carbocycles. The Morgan fingerprint density at radius 1 is 1.47 bits per heavy atom. The molecule has 0 aromatic rings. The highest BCUT2D eigenvalue weighted by atomic mass is 32.2. The van der Waals surface area contributed by atoms with E-state index in [2.05, 4.69) is 4.18 Å². The molecule has 2 atom stereocenters. The second kappa shape index (κ2) is 4.15. The van der Waals surface area contributed by atoms with E-state index in [1.165, 1.54) is 0 Å². The van der Waals surface area contributed by atoms with E-state index in [9.17, 15) is 8.42 Å². The lowest BCUT2D eigenvalue weighted by Gasteiger charge is -2.35. The minimum Gasteiger partial charge on any atom is -0.346 e. The quantitative estimate of drug-likeness (QED) is 0.764. The van der Waals surface area contributed by atoms with E-state index in [0.29, 0.717) is 6.61 Å². The third-order valence-electron chi connectivity index (χ3n) is 2.72. The molecular weight excluding hydrogens is 250 g/mol. The van der Waals surface area contributed by atoms with Crippen molar-refractivity contribution in [2.75, 3.05) is 13.2 Å². The van der Waals surface area contributed by atoms with E-state index < -0.39 is 21.9 Å². The smallest absolute Gasteiger partial charge is 0.333 e. The molecule has 2 fully saturated rings. The first-order valence-electron chi connectivity index (χ1n) is 5.42. The van der Waals surface area contributed by atoms with Crippen LogP contribution in [0.2, 0.25) is 0 Å². The van der Waals surface area contributed by atoms with Crippen molar-refractivity contribution >= 4 is 10.3 Å². The lowest BCUT2D eigenvalue weighted by atomic mass is 10.0. The van der Waals surface area contributed by atoms with Gasteiger partial charge in [0.25, 0.3) is 0 Å². The van der Waals surface area contributed by atoms with Crippen molar-refractivity contribution in [3.63, 3.8) is 0 Å². The van der Waals surface area contributed by atoms with Gasteiger partial charge in [-0.3, -0.25) is 4.18 Å². The average molecular weight is 267 g/mol. The van der Waals surface area contributed by atoms with Crippen LogP contribution in [0.25, 0.3) is 0 Å². The molecule has 0 bridgehead atoms. The Labute approximate surface area is 100 Å². The van der Waals surface area contributed by atoms with Gasteiger partial charge in [0.05, 0.1) is 6.61 Å². The molecule has 2 aliphatic rings. The van der Waals surface area contributed by atoms with Crippen LogP contribution in [-0.2, 0) is 28.7 Å². The number of fused-ring (bicyclic) bond motifs is 1. The van der Waals surface area contributed by atoms with Crippen molar-refractivity contribution in [3.05, 3.63) is 0 Å². The van der Waals surface area contributed by atoms with E-state index >= 15 is 0 Å². The van der Waals surface area contributed by atoms with Gasteiger partial charge in [-0.25, -0.2) is 5.14 Å². The maximum atomic E-state index is 10.8. The SMILES string of the molecule is CC1(C)O[C@H]2CCCO[C@@]2(COS(N)(=O)=O)O1. The Morgan fingerprint density at radius 3 is 2.82 bits per heavy atom. The van der Waals surface area contributed by atoms with Crippen LogP contribution in [0.4, 0.5) is 0 Å². The predicted molar refractivity (Wildman–Crippen MR) is 57.0 cm³/mol. The van der Waals surface area contributed by atoms with Crippen LogP contribution >= 0.6 is 0 Å². The standard InChI is InChI=1S/C9H17NO6S/c1-8(2)15-7-4-3-5-13-9(7,16-8)6-14-17(10,11)12/h7H,3-6H2,1-2H3,(H2,10,11,12)/t7-,9-/m0/s1. The largest absolute Gasteiger partial charge is 0.346 e. The highest BCUT2D eigenvalue weighted by molar-refractivity contribution is 7.84. The van der Waals surface area contributed by atoms with Crippen LogP contribution < -0.4 is 5.14 Å².